The summed E-state index contributed by atoms with van der Waals surface area (Å²) in [6.07, 6.45) is 8.38. The number of rotatable bonds is 9. The topological polar surface area (TPSA) is 64.9 Å². The van der Waals surface area contributed by atoms with Crippen molar-refractivity contribution in [3.63, 3.8) is 0 Å². The van der Waals surface area contributed by atoms with E-state index < -0.39 is 10.1 Å². The molecule has 0 bridgehead atoms. The standard InChI is InChI=1S/C27H33N2O3S.Na/c1-5-28(6-2)23-17-13-21(14-18-23)27(25-11-9-10-12-26(25)33(30,31)32)22-15-19-24(20-16-22)29(7-3)8-4;/h10-20,23H,5-8H2,1-4H3,(H,30,31,32);/q-1;+1. The second-order valence-electron chi connectivity index (χ2n) is 8.04. The average Bonchev–Trinajstić information content (AvgIpc) is 2.82. The van der Waals surface area contributed by atoms with Crippen LogP contribution in [0.4, 0.5) is 5.69 Å². The predicted octanol–water partition coefficient (Wildman–Crippen LogP) is 0.462. The number of nitrogens with one attached hydrogen (secondary N) is 1. The van der Waals surface area contributed by atoms with E-state index in [1.807, 2.05) is 36.4 Å². The van der Waals surface area contributed by atoms with E-state index in [4.69, 9.17) is 0 Å². The van der Waals surface area contributed by atoms with Crippen molar-refractivity contribution in [3.05, 3.63) is 89.5 Å². The first-order chi connectivity index (χ1) is 15.8. The molecule has 1 aliphatic carbocycles. The summed E-state index contributed by atoms with van der Waals surface area (Å²) < 4.78 is 36.2. The number of anilines is 1. The summed E-state index contributed by atoms with van der Waals surface area (Å²) in [4.78, 5) is 3.47. The van der Waals surface area contributed by atoms with Crippen LogP contribution in [0.2, 0.25) is 0 Å². The monoisotopic (exact) mass is 488 g/mol. The van der Waals surface area contributed by atoms with Crippen LogP contribution in [0.3, 0.4) is 0 Å². The minimum absolute atomic E-state index is 0. The Kier molecular flexibility index (Phi) is 10.8. The zero-order valence-corrected chi connectivity index (χ0v) is 23.7. The van der Waals surface area contributed by atoms with Gasteiger partial charge in [-0.15, -0.1) is 5.56 Å². The van der Waals surface area contributed by atoms with Crippen LogP contribution in [0, 0.1) is 6.07 Å². The fourth-order valence-corrected chi connectivity index (χ4v) is 5.09. The van der Waals surface area contributed by atoms with Crippen molar-refractivity contribution in [2.75, 3.05) is 31.1 Å². The van der Waals surface area contributed by atoms with Crippen LogP contribution in [0.5, 0.6) is 0 Å². The van der Waals surface area contributed by atoms with Gasteiger partial charge in [0.1, 0.15) is 16.2 Å². The van der Waals surface area contributed by atoms with E-state index in [1.165, 1.54) is 17.0 Å². The van der Waals surface area contributed by atoms with Crippen LogP contribution in [0.25, 0.3) is 5.57 Å². The van der Waals surface area contributed by atoms with E-state index in [1.54, 1.807) is 6.07 Å². The van der Waals surface area contributed by atoms with Crippen LogP contribution in [-0.4, -0.2) is 45.2 Å². The van der Waals surface area contributed by atoms with Crippen LogP contribution >= 0.6 is 0 Å². The van der Waals surface area contributed by atoms with Gasteiger partial charge in [0, 0.05) is 18.8 Å². The molecule has 0 unspecified atom stereocenters. The molecule has 0 saturated carbocycles. The zero-order chi connectivity index (χ0) is 24.0. The third-order valence-corrected chi connectivity index (χ3v) is 7.18. The van der Waals surface area contributed by atoms with Crippen molar-refractivity contribution >= 4 is 21.4 Å². The maximum Gasteiger partial charge on any atom is 1.00 e. The number of allylic oxidation sites excluding steroid dienone is 3. The number of nitrogens with zero attached hydrogens (tertiary/aromatic N) is 1. The maximum absolute atomic E-state index is 12.1. The normalized spacial score (nSPS) is 15.4. The van der Waals surface area contributed by atoms with Gasteiger partial charge in [0.2, 0.25) is 0 Å². The van der Waals surface area contributed by atoms with Gasteiger partial charge >= 0.3 is 29.6 Å². The molecule has 2 aromatic carbocycles. The van der Waals surface area contributed by atoms with E-state index in [-0.39, 0.29) is 40.5 Å². The molecule has 5 nitrogen and oxygen atoms in total. The Bertz CT molecular complexity index is 1130. The Morgan fingerprint density at radius 2 is 1.59 bits per heavy atom. The second kappa shape index (κ2) is 12.9. The first kappa shape index (κ1) is 28.6. The SMILES string of the molecule is CCN(CC)c1ccc(C(=C2C=CC([NH+](CC)CC)C=C2)c2c[c-]ccc2S(=O)(=O)[O-])cc1.[Na+]. The first-order valence-corrected chi connectivity index (χ1v) is 13.0. The molecule has 1 aliphatic rings. The molecule has 34 heavy (non-hydrogen) atoms. The van der Waals surface area contributed by atoms with Gasteiger partial charge in [0.15, 0.2) is 0 Å². The van der Waals surface area contributed by atoms with Crippen LogP contribution in [-0.2, 0) is 10.1 Å². The van der Waals surface area contributed by atoms with E-state index in [9.17, 15) is 13.0 Å². The Labute approximate surface area is 226 Å². The quantitative estimate of drug-likeness (QED) is 0.317. The van der Waals surface area contributed by atoms with E-state index in [2.05, 4.69) is 50.8 Å². The van der Waals surface area contributed by atoms with Gasteiger partial charge in [-0.2, -0.15) is 24.3 Å². The van der Waals surface area contributed by atoms with Crippen molar-refractivity contribution in [3.8, 4) is 0 Å². The van der Waals surface area contributed by atoms with Gasteiger partial charge < -0.3 is 14.4 Å². The summed E-state index contributed by atoms with van der Waals surface area (Å²) in [6, 6.07) is 15.7. The van der Waals surface area contributed by atoms with E-state index >= 15 is 0 Å². The maximum atomic E-state index is 12.1. The molecule has 0 saturated heterocycles. The summed E-state index contributed by atoms with van der Waals surface area (Å²) in [5, 5.41) is 0. The number of quaternary nitrogens is 1. The molecule has 176 valence electrons. The number of hydrogen-bond acceptors (Lipinski definition) is 4. The van der Waals surface area contributed by atoms with Crippen LogP contribution in [0.1, 0.15) is 38.8 Å². The summed E-state index contributed by atoms with van der Waals surface area (Å²) >= 11 is 0. The molecular formula is C27H33N2NaO3S. The average molecular weight is 489 g/mol. The van der Waals surface area contributed by atoms with Crippen molar-refractivity contribution in [2.45, 2.75) is 38.6 Å². The summed E-state index contributed by atoms with van der Waals surface area (Å²) in [7, 11) is -4.65. The third-order valence-electron chi connectivity index (χ3n) is 6.28. The first-order valence-electron chi connectivity index (χ1n) is 11.6. The van der Waals surface area contributed by atoms with Crippen LogP contribution < -0.4 is 39.4 Å². The summed E-state index contributed by atoms with van der Waals surface area (Å²) in [5.74, 6) is 0. The van der Waals surface area contributed by atoms with Crippen molar-refractivity contribution in [1.82, 2.24) is 0 Å². The van der Waals surface area contributed by atoms with E-state index in [0.29, 0.717) is 11.1 Å². The van der Waals surface area contributed by atoms with Gasteiger partial charge in [-0.3, -0.25) is 0 Å². The number of benzene rings is 2. The van der Waals surface area contributed by atoms with Gasteiger partial charge in [0.05, 0.1) is 13.1 Å². The van der Waals surface area contributed by atoms with Gasteiger partial charge in [-0.1, -0.05) is 29.9 Å². The molecule has 1 N–H and O–H groups in total. The number of hydrogen-bond donors (Lipinski definition) is 1. The second-order valence-corrected chi connectivity index (χ2v) is 9.38. The zero-order valence-electron chi connectivity index (χ0n) is 20.8. The smallest absolute Gasteiger partial charge is 0.746 e. The Hall–Kier alpha value is -1.67. The van der Waals surface area contributed by atoms with Gasteiger partial charge in [-0.25, -0.2) is 8.42 Å². The minimum Gasteiger partial charge on any atom is -0.746 e. The predicted molar refractivity (Wildman–Crippen MR) is 133 cm³/mol. The Morgan fingerprint density at radius 1 is 1.00 bits per heavy atom. The van der Waals surface area contributed by atoms with Crippen LogP contribution in [0.15, 0.2) is 77.2 Å². The molecule has 3 rings (SSSR count). The Morgan fingerprint density at radius 3 is 2.09 bits per heavy atom. The molecule has 0 fully saturated rings. The molecule has 0 spiro atoms. The molecule has 7 heteroatoms. The Balaban J connectivity index is 0.00000408. The summed E-state index contributed by atoms with van der Waals surface area (Å²) in [6.45, 7) is 12.4. The van der Waals surface area contributed by atoms with Crippen molar-refractivity contribution < 1.29 is 47.4 Å². The summed E-state index contributed by atoms with van der Waals surface area (Å²) in [5.41, 5.74) is 3.92. The molecule has 0 aliphatic heterocycles. The third kappa shape index (κ3) is 6.51. The molecule has 0 aromatic heterocycles. The minimum atomic E-state index is -4.65. The van der Waals surface area contributed by atoms with Crippen molar-refractivity contribution in [2.24, 2.45) is 0 Å². The fraction of sp³-hybridized carbons (Fsp3) is 0.333. The molecule has 0 atom stereocenters. The number of likely N-dealkylation sites (N-methyl/N-ethyl adjacent to an activating group) is 1. The van der Waals surface area contributed by atoms with E-state index in [0.717, 1.165) is 43.0 Å². The molecule has 0 heterocycles. The van der Waals surface area contributed by atoms with Gasteiger partial charge in [-0.05, 0) is 68.0 Å². The molecule has 0 amide bonds. The molecule has 2 aromatic rings. The van der Waals surface area contributed by atoms with Gasteiger partial charge in [0.25, 0.3) is 0 Å². The molecular weight excluding hydrogens is 455 g/mol. The fourth-order valence-electron chi connectivity index (χ4n) is 4.43. The van der Waals surface area contributed by atoms with Crippen molar-refractivity contribution in [1.29, 1.82) is 0 Å². The molecule has 0 radical (unpaired) electrons. The largest absolute Gasteiger partial charge is 1.00 e.